The second kappa shape index (κ2) is 5.62. The number of amides is 1. The molecule has 0 spiro atoms. The third-order valence-corrected chi connectivity index (χ3v) is 4.13. The number of aromatic nitrogens is 3. The van der Waals surface area contributed by atoms with Crippen LogP contribution in [-0.4, -0.2) is 21.1 Å². The molecule has 2 rings (SSSR count). The molecule has 1 amide bonds. The Hall–Kier alpha value is -1.89. The number of H-pyrrole nitrogens is 1. The highest BCUT2D eigenvalue weighted by Crippen LogP contribution is 2.23. The third kappa shape index (κ3) is 2.82. The molecule has 0 fully saturated rings. The number of nitrogen functional groups attached to an aromatic ring is 1. The molecule has 4 N–H and O–H groups in total. The van der Waals surface area contributed by atoms with Gasteiger partial charge in [-0.2, -0.15) is 5.10 Å². The number of aryl methyl sites for hydroxylation is 1. The number of thiazole rings is 1. The number of anilines is 1. The first-order valence-corrected chi connectivity index (χ1v) is 7.34. The van der Waals surface area contributed by atoms with Crippen molar-refractivity contribution < 1.29 is 4.79 Å². The highest BCUT2D eigenvalue weighted by molar-refractivity contribution is 7.09. The molecule has 2 aromatic heterocycles. The Morgan fingerprint density at radius 2 is 2.15 bits per heavy atom. The number of carbonyl (C=O) groups is 1. The van der Waals surface area contributed by atoms with Crippen LogP contribution in [0.1, 0.15) is 59.6 Å². The molecule has 7 heteroatoms. The number of nitrogens with zero attached hydrogens (tertiary/aromatic N) is 2. The lowest BCUT2D eigenvalue weighted by Crippen LogP contribution is -2.27. The van der Waals surface area contributed by atoms with Crippen molar-refractivity contribution in [1.29, 1.82) is 0 Å². The van der Waals surface area contributed by atoms with Crippen LogP contribution in [0.2, 0.25) is 0 Å². The van der Waals surface area contributed by atoms with Crippen LogP contribution in [0.15, 0.2) is 5.38 Å². The first-order chi connectivity index (χ1) is 9.40. The molecular formula is C13H19N5OS. The van der Waals surface area contributed by atoms with Crippen molar-refractivity contribution in [3.63, 3.8) is 0 Å². The lowest BCUT2D eigenvalue weighted by atomic mass is 10.1. The lowest BCUT2D eigenvalue weighted by Gasteiger charge is -2.10. The normalized spacial score (nSPS) is 12.7. The van der Waals surface area contributed by atoms with Gasteiger partial charge in [-0.15, -0.1) is 11.3 Å². The Morgan fingerprint density at radius 1 is 1.45 bits per heavy atom. The zero-order chi connectivity index (χ0) is 14.9. The molecule has 0 saturated carbocycles. The Bertz CT molecular complexity index is 616. The zero-order valence-corrected chi connectivity index (χ0v) is 12.8. The van der Waals surface area contributed by atoms with E-state index >= 15 is 0 Å². The average Bonchev–Trinajstić information content (AvgIpc) is 2.95. The van der Waals surface area contributed by atoms with Gasteiger partial charge in [0.2, 0.25) is 0 Å². The Labute approximate surface area is 121 Å². The fraction of sp³-hybridized carbons (Fsp3) is 0.462. The van der Waals surface area contributed by atoms with E-state index in [2.05, 4.69) is 20.5 Å². The zero-order valence-electron chi connectivity index (χ0n) is 12.0. The highest BCUT2D eigenvalue weighted by atomic mass is 32.1. The predicted octanol–water partition coefficient (Wildman–Crippen LogP) is 2.37. The number of nitrogens with one attached hydrogen (secondary N) is 2. The van der Waals surface area contributed by atoms with Crippen molar-refractivity contribution in [2.75, 3.05) is 5.73 Å². The van der Waals surface area contributed by atoms with Crippen LogP contribution in [0.25, 0.3) is 0 Å². The number of aromatic amines is 1. The quantitative estimate of drug-likeness (QED) is 0.806. The summed E-state index contributed by atoms with van der Waals surface area (Å²) in [6.07, 6.45) is 0. The van der Waals surface area contributed by atoms with Crippen molar-refractivity contribution >= 4 is 22.9 Å². The van der Waals surface area contributed by atoms with Gasteiger partial charge in [0.25, 0.3) is 5.91 Å². The summed E-state index contributed by atoms with van der Waals surface area (Å²) in [7, 11) is 0. The van der Waals surface area contributed by atoms with Gasteiger partial charge in [-0.1, -0.05) is 13.8 Å². The molecule has 6 nitrogen and oxygen atoms in total. The molecule has 1 unspecified atom stereocenters. The van der Waals surface area contributed by atoms with Crippen LogP contribution in [0.3, 0.4) is 0 Å². The summed E-state index contributed by atoms with van der Waals surface area (Å²) in [5, 5.41) is 12.5. The number of rotatable bonds is 4. The van der Waals surface area contributed by atoms with E-state index in [4.69, 9.17) is 5.73 Å². The van der Waals surface area contributed by atoms with Crippen molar-refractivity contribution in [3.8, 4) is 0 Å². The van der Waals surface area contributed by atoms with E-state index in [9.17, 15) is 4.79 Å². The van der Waals surface area contributed by atoms with E-state index in [1.165, 1.54) is 11.3 Å². The van der Waals surface area contributed by atoms with Gasteiger partial charge >= 0.3 is 0 Å². The summed E-state index contributed by atoms with van der Waals surface area (Å²) in [5.41, 5.74) is 8.35. The van der Waals surface area contributed by atoms with Gasteiger partial charge in [-0.3, -0.25) is 9.89 Å². The number of carbonyl (C=O) groups excluding carboxylic acids is 1. The standard InChI is InChI=1S/C13H19N5OS/c1-6(2)10-9(14)11(18-17-10)12(19)16-8(4)13-15-7(3)5-20-13/h5-6,8H,14H2,1-4H3,(H,16,19)(H,17,18). The van der Waals surface area contributed by atoms with Crippen LogP contribution in [0.5, 0.6) is 0 Å². The van der Waals surface area contributed by atoms with Gasteiger partial charge < -0.3 is 11.1 Å². The molecule has 0 aromatic carbocycles. The monoisotopic (exact) mass is 293 g/mol. The largest absolute Gasteiger partial charge is 0.395 e. The van der Waals surface area contributed by atoms with E-state index in [-0.39, 0.29) is 23.6 Å². The molecule has 1 atom stereocenters. The van der Waals surface area contributed by atoms with Gasteiger partial charge in [-0.05, 0) is 19.8 Å². The van der Waals surface area contributed by atoms with Gasteiger partial charge in [0, 0.05) is 11.1 Å². The smallest absolute Gasteiger partial charge is 0.274 e. The second-order valence-corrected chi connectivity index (χ2v) is 5.97. The van der Waals surface area contributed by atoms with E-state index in [0.717, 1.165) is 16.4 Å². The third-order valence-electron chi connectivity index (χ3n) is 2.98. The molecule has 0 saturated heterocycles. The summed E-state index contributed by atoms with van der Waals surface area (Å²) >= 11 is 1.52. The first-order valence-electron chi connectivity index (χ1n) is 6.46. The fourth-order valence-electron chi connectivity index (χ4n) is 1.88. The summed E-state index contributed by atoms with van der Waals surface area (Å²) in [6.45, 7) is 7.80. The average molecular weight is 293 g/mol. The van der Waals surface area contributed by atoms with Crippen LogP contribution in [0, 0.1) is 6.92 Å². The topological polar surface area (TPSA) is 96.7 Å². The molecule has 20 heavy (non-hydrogen) atoms. The van der Waals surface area contributed by atoms with Gasteiger partial charge in [0.1, 0.15) is 5.01 Å². The maximum absolute atomic E-state index is 12.2. The molecule has 0 radical (unpaired) electrons. The van der Waals surface area contributed by atoms with Crippen molar-refractivity contribution in [2.45, 2.75) is 39.7 Å². The highest BCUT2D eigenvalue weighted by Gasteiger charge is 2.21. The van der Waals surface area contributed by atoms with Crippen LogP contribution >= 0.6 is 11.3 Å². The molecule has 0 bridgehead atoms. The van der Waals surface area contributed by atoms with E-state index < -0.39 is 0 Å². The van der Waals surface area contributed by atoms with Crippen molar-refractivity contribution in [2.24, 2.45) is 0 Å². The summed E-state index contributed by atoms with van der Waals surface area (Å²) < 4.78 is 0. The van der Waals surface area contributed by atoms with Gasteiger partial charge in [-0.25, -0.2) is 4.98 Å². The molecule has 2 heterocycles. The van der Waals surface area contributed by atoms with Crippen LogP contribution in [0.4, 0.5) is 5.69 Å². The van der Waals surface area contributed by atoms with E-state index in [0.29, 0.717) is 5.69 Å². The number of nitrogens with two attached hydrogens (primary N) is 1. The summed E-state index contributed by atoms with van der Waals surface area (Å²) in [5.74, 6) is -0.0888. The lowest BCUT2D eigenvalue weighted by molar-refractivity contribution is 0.0935. The predicted molar refractivity (Wildman–Crippen MR) is 79.8 cm³/mol. The summed E-state index contributed by atoms with van der Waals surface area (Å²) in [4.78, 5) is 16.6. The number of hydrogen-bond acceptors (Lipinski definition) is 5. The Kier molecular flexibility index (Phi) is 4.08. The second-order valence-electron chi connectivity index (χ2n) is 5.08. The number of hydrogen-bond donors (Lipinski definition) is 3. The first kappa shape index (κ1) is 14.5. The SMILES string of the molecule is Cc1csc(C(C)NC(=O)c2n[nH]c(C(C)C)c2N)n1. The summed E-state index contributed by atoms with van der Waals surface area (Å²) in [6, 6.07) is -0.167. The molecule has 2 aromatic rings. The minimum atomic E-state index is -0.286. The van der Waals surface area contributed by atoms with Crippen LogP contribution in [-0.2, 0) is 0 Å². The maximum atomic E-state index is 12.2. The van der Waals surface area contributed by atoms with E-state index in [1.54, 1.807) is 0 Å². The minimum absolute atomic E-state index is 0.167. The maximum Gasteiger partial charge on any atom is 0.274 e. The van der Waals surface area contributed by atoms with E-state index in [1.807, 2.05) is 33.1 Å². The molecule has 0 aliphatic carbocycles. The molecule has 0 aliphatic rings. The molecular weight excluding hydrogens is 274 g/mol. The molecule has 108 valence electrons. The van der Waals surface area contributed by atoms with Crippen LogP contribution < -0.4 is 11.1 Å². The van der Waals surface area contributed by atoms with Gasteiger partial charge in [0.15, 0.2) is 5.69 Å². The fourth-order valence-corrected chi connectivity index (χ4v) is 2.68. The molecule has 0 aliphatic heterocycles. The van der Waals surface area contributed by atoms with Gasteiger partial charge in [0.05, 0.1) is 17.4 Å². The Balaban J connectivity index is 2.12. The Morgan fingerprint density at radius 3 is 2.65 bits per heavy atom. The van der Waals surface area contributed by atoms with Crippen molar-refractivity contribution in [3.05, 3.63) is 27.5 Å². The van der Waals surface area contributed by atoms with Crippen molar-refractivity contribution in [1.82, 2.24) is 20.5 Å². The minimum Gasteiger partial charge on any atom is -0.395 e.